The molecular formula is C20H17N3O2S. The van der Waals surface area contributed by atoms with Crippen LogP contribution in [0.4, 0.5) is 0 Å². The molecule has 130 valence electrons. The largest absolute Gasteiger partial charge is 0.294 e. The first-order chi connectivity index (χ1) is 12.5. The van der Waals surface area contributed by atoms with Crippen molar-refractivity contribution in [3.05, 3.63) is 71.9 Å². The number of fused-ring (bicyclic) bond motifs is 4. The number of rotatable bonds is 2. The average Bonchev–Trinajstić information content (AvgIpc) is 3.19. The van der Waals surface area contributed by atoms with Gasteiger partial charge in [-0.1, -0.05) is 24.3 Å². The van der Waals surface area contributed by atoms with Gasteiger partial charge >= 0.3 is 0 Å². The molecule has 2 aromatic heterocycles. The molecule has 0 aliphatic carbocycles. The highest BCUT2D eigenvalue weighted by atomic mass is 32.2. The molecular weight excluding hydrogens is 346 g/mol. The Morgan fingerprint density at radius 1 is 0.885 bits per heavy atom. The van der Waals surface area contributed by atoms with Gasteiger partial charge in [-0.2, -0.15) is 4.31 Å². The van der Waals surface area contributed by atoms with E-state index in [0.717, 1.165) is 38.8 Å². The maximum Gasteiger partial charge on any atom is 0.211 e. The van der Waals surface area contributed by atoms with E-state index in [9.17, 15) is 8.42 Å². The third-order valence-electron chi connectivity index (χ3n) is 5.03. The second-order valence-corrected chi connectivity index (χ2v) is 8.69. The predicted octanol–water partition coefficient (Wildman–Crippen LogP) is 3.45. The average molecular weight is 363 g/mol. The fourth-order valence-electron chi connectivity index (χ4n) is 3.80. The van der Waals surface area contributed by atoms with Gasteiger partial charge in [0, 0.05) is 30.1 Å². The number of pyridine rings is 1. The van der Waals surface area contributed by atoms with Gasteiger partial charge in [0.25, 0.3) is 0 Å². The summed E-state index contributed by atoms with van der Waals surface area (Å²) in [5.41, 5.74) is 4.29. The van der Waals surface area contributed by atoms with Crippen molar-refractivity contribution in [3.8, 4) is 5.82 Å². The van der Waals surface area contributed by atoms with Gasteiger partial charge < -0.3 is 0 Å². The van der Waals surface area contributed by atoms with E-state index >= 15 is 0 Å². The lowest BCUT2D eigenvalue weighted by atomic mass is 10.1. The van der Waals surface area contributed by atoms with Crippen molar-refractivity contribution in [3.63, 3.8) is 0 Å². The van der Waals surface area contributed by atoms with E-state index in [0.29, 0.717) is 13.1 Å². The Morgan fingerprint density at radius 2 is 1.62 bits per heavy atom. The smallest absolute Gasteiger partial charge is 0.211 e. The zero-order valence-electron chi connectivity index (χ0n) is 14.3. The molecule has 0 bridgehead atoms. The summed E-state index contributed by atoms with van der Waals surface area (Å²) in [5.74, 6) is 0.858. The number of benzene rings is 2. The van der Waals surface area contributed by atoms with E-state index in [-0.39, 0.29) is 0 Å². The lowest BCUT2D eigenvalue weighted by Gasteiger charge is -2.10. The molecule has 2 aromatic carbocycles. The minimum atomic E-state index is -3.20. The van der Waals surface area contributed by atoms with Gasteiger partial charge in [0.2, 0.25) is 10.0 Å². The van der Waals surface area contributed by atoms with E-state index in [2.05, 4.69) is 33.8 Å². The molecule has 0 radical (unpaired) electrons. The minimum absolute atomic E-state index is 0.424. The van der Waals surface area contributed by atoms with Crippen LogP contribution >= 0.6 is 0 Å². The number of nitrogens with zero attached hydrogens (tertiary/aromatic N) is 3. The molecule has 0 fully saturated rings. The summed E-state index contributed by atoms with van der Waals surface area (Å²) in [5, 5.41) is 2.27. The number of aromatic nitrogens is 2. The maximum atomic E-state index is 11.9. The molecule has 1 aliphatic heterocycles. The summed E-state index contributed by atoms with van der Waals surface area (Å²) in [6, 6.07) is 18.4. The number of para-hydroxylation sites is 1. The first kappa shape index (κ1) is 15.5. The van der Waals surface area contributed by atoms with Crippen LogP contribution in [-0.4, -0.2) is 28.5 Å². The Balaban J connectivity index is 1.82. The van der Waals surface area contributed by atoms with Gasteiger partial charge in [0.1, 0.15) is 5.82 Å². The fraction of sp³-hybridized carbons (Fsp3) is 0.150. The van der Waals surface area contributed by atoms with E-state index in [4.69, 9.17) is 0 Å². The van der Waals surface area contributed by atoms with Gasteiger partial charge in [-0.15, -0.1) is 0 Å². The van der Waals surface area contributed by atoms with Crippen LogP contribution in [0.15, 0.2) is 60.8 Å². The normalized spacial score (nSPS) is 15.0. The molecule has 0 atom stereocenters. The highest BCUT2D eigenvalue weighted by Gasteiger charge is 2.27. The van der Waals surface area contributed by atoms with Crippen molar-refractivity contribution in [2.75, 3.05) is 6.26 Å². The van der Waals surface area contributed by atoms with Crippen molar-refractivity contribution in [1.82, 2.24) is 13.9 Å². The lowest BCUT2D eigenvalue weighted by molar-refractivity contribution is 0.436. The Kier molecular flexibility index (Phi) is 3.23. The molecule has 0 amide bonds. The van der Waals surface area contributed by atoms with Crippen molar-refractivity contribution >= 4 is 31.8 Å². The van der Waals surface area contributed by atoms with Gasteiger partial charge in [-0.25, -0.2) is 13.4 Å². The lowest BCUT2D eigenvalue weighted by Crippen LogP contribution is -2.23. The molecule has 0 saturated heterocycles. The van der Waals surface area contributed by atoms with Crippen molar-refractivity contribution in [2.24, 2.45) is 0 Å². The second-order valence-electron chi connectivity index (χ2n) is 6.71. The van der Waals surface area contributed by atoms with Gasteiger partial charge in [-0.05, 0) is 41.5 Å². The van der Waals surface area contributed by atoms with Crippen LogP contribution in [0, 0.1) is 0 Å². The molecule has 5 rings (SSSR count). The summed E-state index contributed by atoms with van der Waals surface area (Å²) in [7, 11) is -3.20. The second kappa shape index (κ2) is 5.40. The van der Waals surface area contributed by atoms with Crippen molar-refractivity contribution in [1.29, 1.82) is 0 Å². The molecule has 5 nitrogen and oxygen atoms in total. The van der Waals surface area contributed by atoms with Gasteiger partial charge in [-0.3, -0.25) is 4.57 Å². The zero-order valence-corrected chi connectivity index (χ0v) is 15.1. The van der Waals surface area contributed by atoms with Crippen LogP contribution < -0.4 is 0 Å². The fourth-order valence-corrected chi connectivity index (χ4v) is 4.55. The van der Waals surface area contributed by atoms with Crippen LogP contribution in [0.1, 0.15) is 11.1 Å². The summed E-state index contributed by atoms with van der Waals surface area (Å²) >= 11 is 0. The molecule has 0 unspecified atom stereocenters. The molecule has 0 spiro atoms. The van der Waals surface area contributed by atoms with Crippen LogP contribution in [0.25, 0.3) is 27.6 Å². The summed E-state index contributed by atoms with van der Waals surface area (Å²) in [4.78, 5) is 4.53. The quantitative estimate of drug-likeness (QED) is 0.548. The van der Waals surface area contributed by atoms with E-state index < -0.39 is 10.0 Å². The molecule has 3 heterocycles. The van der Waals surface area contributed by atoms with Crippen molar-refractivity contribution in [2.45, 2.75) is 13.1 Å². The van der Waals surface area contributed by atoms with Crippen molar-refractivity contribution < 1.29 is 8.42 Å². The Labute approximate surface area is 151 Å². The Hall–Kier alpha value is -2.70. The van der Waals surface area contributed by atoms with Crippen LogP contribution in [0.3, 0.4) is 0 Å². The van der Waals surface area contributed by atoms with Crippen LogP contribution in [-0.2, 0) is 23.1 Å². The molecule has 4 aromatic rings. The first-order valence-corrected chi connectivity index (χ1v) is 10.3. The van der Waals surface area contributed by atoms with E-state index in [1.807, 2.05) is 30.3 Å². The van der Waals surface area contributed by atoms with E-state index in [1.54, 1.807) is 6.20 Å². The third-order valence-corrected chi connectivity index (χ3v) is 6.23. The third kappa shape index (κ3) is 2.26. The monoisotopic (exact) mass is 363 g/mol. The summed E-state index contributed by atoms with van der Waals surface area (Å²) < 4.78 is 27.6. The number of sulfonamides is 1. The van der Waals surface area contributed by atoms with Gasteiger partial charge in [0.05, 0.1) is 17.3 Å². The molecule has 0 N–H and O–H groups in total. The summed E-state index contributed by atoms with van der Waals surface area (Å²) in [6.45, 7) is 0.862. The highest BCUT2D eigenvalue weighted by Crippen LogP contribution is 2.36. The Morgan fingerprint density at radius 3 is 2.35 bits per heavy atom. The predicted molar refractivity (Wildman–Crippen MR) is 103 cm³/mol. The first-order valence-electron chi connectivity index (χ1n) is 8.44. The maximum absolute atomic E-state index is 11.9. The topological polar surface area (TPSA) is 55.2 Å². The Bertz CT molecular complexity index is 1260. The minimum Gasteiger partial charge on any atom is -0.294 e. The number of hydrogen-bond donors (Lipinski definition) is 0. The molecule has 26 heavy (non-hydrogen) atoms. The van der Waals surface area contributed by atoms with Crippen LogP contribution in [0.2, 0.25) is 0 Å². The molecule has 1 aliphatic rings. The number of hydrogen-bond acceptors (Lipinski definition) is 3. The molecule has 6 heteroatoms. The highest BCUT2D eigenvalue weighted by molar-refractivity contribution is 7.88. The molecule has 0 saturated carbocycles. The van der Waals surface area contributed by atoms with E-state index in [1.165, 1.54) is 10.6 Å². The SMILES string of the molecule is CS(=O)(=O)N1Cc2cc3c4ccccc4n(-c4ccccn4)c3cc2C1. The summed E-state index contributed by atoms with van der Waals surface area (Å²) in [6.07, 6.45) is 3.05. The van der Waals surface area contributed by atoms with Gasteiger partial charge in [0.15, 0.2) is 0 Å². The standard InChI is InChI=1S/C20H17N3O2S/c1-26(24,25)22-12-14-10-17-16-6-2-3-7-18(16)23(19(17)11-15(14)13-22)20-8-4-5-9-21-20/h2-11H,12-13H2,1H3. The zero-order chi connectivity index (χ0) is 17.9. The van der Waals surface area contributed by atoms with Crippen LogP contribution in [0.5, 0.6) is 0 Å².